The van der Waals surface area contributed by atoms with E-state index in [1.54, 1.807) is 35.2 Å². The van der Waals surface area contributed by atoms with E-state index in [2.05, 4.69) is 0 Å². The van der Waals surface area contributed by atoms with Crippen molar-refractivity contribution in [2.45, 2.75) is 33.4 Å². The van der Waals surface area contributed by atoms with Gasteiger partial charge in [-0.1, -0.05) is 42.5 Å². The molecule has 1 atom stereocenters. The van der Waals surface area contributed by atoms with E-state index in [1.165, 1.54) is 6.92 Å². The van der Waals surface area contributed by atoms with Crippen molar-refractivity contribution in [2.75, 3.05) is 4.90 Å². The van der Waals surface area contributed by atoms with E-state index in [-0.39, 0.29) is 22.5 Å². The zero-order chi connectivity index (χ0) is 28.0. The first-order valence-corrected chi connectivity index (χ1v) is 13.1. The molecule has 1 aliphatic rings. The van der Waals surface area contributed by atoms with Gasteiger partial charge in [0.2, 0.25) is 5.76 Å². The largest absolute Gasteiger partial charge is 0.489 e. The van der Waals surface area contributed by atoms with Gasteiger partial charge < -0.3 is 9.15 Å². The minimum absolute atomic E-state index is 0.0250. The van der Waals surface area contributed by atoms with Crippen molar-refractivity contribution in [3.8, 4) is 5.75 Å². The molecule has 1 aliphatic heterocycles. The molecule has 0 N–H and O–H groups in total. The van der Waals surface area contributed by atoms with E-state index in [9.17, 15) is 14.4 Å². The molecule has 0 aliphatic carbocycles. The van der Waals surface area contributed by atoms with Gasteiger partial charge in [-0.05, 0) is 91.6 Å². The van der Waals surface area contributed by atoms with Crippen molar-refractivity contribution in [2.24, 2.45) is 0 Å². The molecular weight excluding hydrogens is 502 g/mol. The Balaban J connectivity index is 1.50. The fraction of sp³-hybridized carbons (Fsp3) is 0.147. The first-order chi connectivity index (χ1) is 19.3. The molecule has 0 spiro atoms. The average molecular weight is 530 g/mol. The lowest BCUT2D eigenvalue weighted by molar-refractivity contribution is 0.0970. The van der Waals surface area contributed by atoms with E-state index in [0.717, 1.165) is 16.7 Å². The second kappa shape index (κ2) is 9.97. The third-order valence-electron chi connectivity index (χ3n) is 7.46. The van der Waals surface area contributed by atoms with Gasteiger partial charge in [-0.25, -0.2) is 0 Å². The van der Waals surface area contributed by atoms with Gasteiger partial charge in [0.15, 0.2) is 11.2 Å². The third-order valence-corrected chi connectivity index (χ3v) is 7.46. The number of nitrogens with zero attached hydrogens (tertiary/aromatic N) is 1. The highest BCUT2D eigenvalue weighted by molar-refractivity contribution is 6.11. The smallest absolute Gasteiger partial charge is 0.295 e. The van der Waals surface area contributed by atoms with Gasteiger partial charge in [-0.15, -0.1) is 0 Å². The van der Waals surface area contributed by atoms with Gasteiger partial charge in [0.25, 0.3) is 5.91 Å². The molecule has 5 aromatic rings. The standard InChI is InChI=1S/C34H27NO5/c1-20-16-28-29(17-21(20)2)40-33-30(32(28)37)31(35(34(33)38)26-14-12-24(13-15-26)22(3)36)25-10-7-11-27(18-25)39-19-23-8-5-4-6-9-23/h4-18,31H,19H2,1-3H3. The normalized spacial score (nSPS) is 14.4. The van der Waals surface area contributed by atoms with Crippen LogP contribution in [-0.4, -0.2) is 11.7 Å². The second-order valence-corrected chi connectivity index (χ2v) is 10.1. The van der Waals surface area contributed by atoms with Gasteiger partial charge in [0, 0.05) is 11.3 Å². The molecule has 2 heterocycles. The molecule has 0 bridgehead atoms. The number of hydrogen-bond acceptors (Lipinski definition) is 5. The maximum Gasteiger partial charge on any atom is 0.295 e. The Morgan fingerprint density at radius 1 is 0.875 bits per heavy atom. The van der Waals surface area contributed by atoms with Gasteiger partial charge in [-0.2, -0.15) is 0 Å². The summed E-state index contributed by atoms with van der Waals surface area (Å²) in [6, 6.07) is 27.0. The molecular formula is C34H27NO5. The van der Waals surface area contributed by atoms with Crippen molar-refractivity contribution in [1.29, 1.82) is 0 Å². The maximum atomic E-state index is 14.0. The molecule has 198 valence electrons. The number of fused-ring (bicyclic) bond motifs is 2. The summed E-state index contributed by atoms with van der Waals surface area (Å²) in [5.74, 6) is 0.155. The summed E-state index contributed by atoms with van der Waals surface area (Å²) in [5.41, 5.74) is 5.19. The van der Waals surface area contributed by atoms with E-state index in [4.69, 9.17) is 9.15 Å². The van der Waals surface area contributed by atoms with Crippen molar-refractivity contribution in [3.05, 3.63) is 140 Å². The van der Waals surface area contributed by atoms with Gasteiger partial charge in [-0.3, -0.25) is 19.3 Å². The predicted octanol–water partition coefficient (Wildman–Crippen LogP) is 6.94. The Morgan fingerprint density at radius 2 is 1.60 bits per heavy atom. The highest BCUT2D eigenvalue weighted by atomic mass is 16.5. The monoisotopic (exact) mass is 529 g/mol. The van der Waals surface area contributed by atoms with Crippen LogP contribution in [-0.2, 0) is 6.61 Å². The number of rotatable bonds is 6. The number of carbonyl (C=O) groups excluding carboxylic acids is 2. The van der Waals surface area contributed by atoms with Crippen molar-refractivity contribution < 1.29 is 18.7 Å². The lowest BCUT2D eigenvalue weighted by atomic mass is 9.97. The van der Waals surface area contributed by atoms with Crippen molar-refractivity contribution >= 4 is 28.3 Å². The number of amides is 1. The molecule has 40 heavy (non-hydrogen) atoms. The molecule has 1 amide bonds. The van der Waals surface area contributed by atoms with Crippen LogP contribution in [0.15, 0.2) is 100 Å². The Labute approximate surface area is 231 Å². The Morgan fingerprint density at radius 3 is 2.33 bits per heavy atom. The molecule has 0 radical (unpaired) electrons. The number of ketones is 1. The number of hydrogen-bond donors (Lipinski definition) is 0. The molecule has 0 saturated heterocycles. The number of Topliss-reactive ketones (excluding diaryl/α,β-unsaturated/α-hetero) is 1. The number of carbonyl (C=O) groups is 2. The number of anilines is 1. The van der Waals surface area contributed by atoms with E-state index >= 15 is 0 Å². The van der Waals surface area contributed by atoms with Crippen LogP contribution in [0.4, 0.5) is 5.69 Å². The first-order valence-electron chi connectivity index (χ1n) is 13.1. The van der Waals surface area contributed by atoms with Gasteiger partial charge in [0.1, 0.15) is 17.9 Å². The molecule has 4 aromatic carbocycles. The Kier molecular flexibility index (Phi) is 6.31. The summed E-state index contributed by atoms with van der Waals surface area (Å²) in [6.45, 7) is 5.76. The topological polar surface area (TPSA) is 76.8 Å². The summed E-state index contributed by atoms with van der Waals surface area (Å²) >= 11 is 0. The van der Waals surface area contributed by atoms with Crippen LogP contribution in [0.25, 0.3) is 11.0 Å². The Bertz CT molecular complexity index is 1840. The number of ether oxygens (including phenoxy) is 1. The molecule has 1 unspecified atom stereocenters. The van der Waals surface area contributed by atoms with Gasteiger partial charge >= 0.3 is 0 Å². The van der Waals surface area contributed by atoms with Crippen LogP contribution in [0, 0.1) is 13.8 Å². The zero-order valence-corrected chi connectivity index (χ0v) is 22.4. The maximum absolute atomic E-state index is 14.0. The van der Waals surface area contributed by atoms with E-state index in [0.29, 0.717) is 40.1 Å². The summed E-state index contributed by atoms with van der Waals surface area (Å²) in [4.78, 5) is 41.4. The average Bonchev–Trinajstić information content (AvgIpc) is 3.26. The quantitative estimate of drug-likeness (QED) is 0.223. The fourth-order valence-electron chi connectivity index (χ4n) is 5.18. The summed E-state index contributed by atoms with van der Waals surface area (Å²) in [6.07, 6.45) is 0. The molecule has 6 nitrogen and oxygen atoms in total. The molecule has 6 heteroatoms. The van der Waals surface area contributed by atoms with Crippen LogP contribution in [0.5, 0.6) is 5.75 Å². The minimum Gasteiger partial charge on any atom is -0.489 e. The van der Waals surface area contributed by atoms with Crippen LogP contribution in [0.3, 0.4) is 0 Å². The third kappa shape index (κ3) is 4.37. The molecule has 0 saturated carbocycles. The van der Waals surface area contributed by atoms with Gasteiger partial charge in [0.05, 0.1) is 17.0 Å². The molecule has 6 rings (SSSR count). The number of benzene rings is 4. The fourth-order valence-corrected chi connectivity index (χ4v) is 5.18. The van der Waals surface area contributed by atoms with E-state index < -0.39 is 11.9 Å². The minimum atomic E-state index is -0.742. The van der Waals surface area contributed by atoms with Crippen LogP contribution in [0.2, 0.25) is 0 Å². The summed E-state index contributed by atoms with van der Waals surface area (Å²) in [5, 5.41) is 0.435. The number of aryl methyl sites for hydroxylation is 2. The lowest BCUT2D eigenvalue weighted by Gasteiger charge is -2.25. The highest BCUT2D eigenvalue weighted by Gasteiger charge is 2.43. The first kappa shape index (κ1) is 25.3. The summed E-state index contributed by atoms with van der Waals surface area (Å²) < 4.78 is 12.2. The van der Waals surface area contributed by atoms with E-state index in [1.807, 2.05) is 74.5 Å². The lowest BCUT2D eigenvalue weighted by Crippen LogP contribution is -2.29. The van der Waals surface area contributed by atoms with Crippen molar-refractivity contribution in [3.63, 3.8) is 0 Å². The second-order valence-electron chi connectivity index (χ2n) is 10.1. The van der Waals surface area contributed by atoms with Crippen LogP contribution < -0.4 is 15.1 Å². The van der Waals surface area contributed by atoms with Crippen molar-refractivity contribution in [1.82, 2.24) is 0 Å². The highest BCUT2D eigenvalue weighted by Crippen LogP contribution is 2.42. The molecule has 1 aromatic heterocycles. The predicted molar refractivity (Wildman–Crippen MR) is 154 cm³/mol. The zero-order valence-electron chi connectivity index (χ0n) is 22.4. The summed E-state index contributed by atoms with van der Waals surface area (Å²) in [7, 11) is 0. The SMILES string of the molecule is CC(=O)c1ccc(N2C(=O)c3oc4cc(C)c(C)cc4c(=O)c3C2c2cccc(OCc3ccccc3)c2)cc1. The van der Waals surface area contributed by atoms with Crippen LogP contribution in [0.1, 0.15) is 61.7 Å². The molecule has 0 fully saturated rings. The van der Waals surface area contributed by atoms with Crippen LogP contribution >= 0.6 is 0 Å². The Hall–Kier alpha value is -4.97.